The van der Waals surface area contributed by atoms with Crippen LogP contribution in [0, 0.1) is 19.8 Å². The Morgan fingerprint density at radius 3 is 2.63 bits per heavy atom. The van der Waals surface area contributed by atoms with Crippen molar-refractivity contribution in [3.05, 3.63) is 69.0 Å². The number of aryl methyl sites for hydroxylation is 2. The van der Waals surface area contributed by atoms with Gasteiger partial charge in [-0.25, -0.2) is 4.98 Å². The first-order valence-corrected chi connectivity index (χ1v) is 12.7. The Balaban J connectivity index is 1.95. The van der Waals surface area contributed by atoms with Gasteiger partial charge in [-0.3, -0.25) is 19.0 Å². The Morgan fingerprint density at radius 2 is 1.91 bits per heavy atom. The van der Waals surface area contributed by atoms with Gasteiger partial charge in [-0.05, 0) is 56.0 Å². The molecule has 0 aliphatic heterocycles. The zero-order chi connectivity index (χ0) is 25.5. The molecule has 1 N–H and O–H groups in total. The van der Waals surface area contributed by atoms with E-state index in [1.807, 2.05) is 32.0 Å². The van der Waals surface area contributed by atoms with E-state index >= 15 is 0 Å². The lowest BCUT2D eigenvalue weighted by Crippen LogP contribution is -2.27. The maximum Gasteiger partial charge on any atom is 0.262 e. The molecule has 0 bridgehead atoms. The monoisotopic (exact) mass is 495 g/mol. The van der Waals surface area contributed by atoms with E-state index in [9.17, 15) is 14.4 Å². The van der Waals surface area contributed by atoms with Gasteiger partial charge in [0.1, 0.15) is 0 Å². The Hall–Kier alpha value is -2.97. The van der Waals surface area contributed by atoms with Crippen molar-refractivity contribution in [2.24, 2.45) is 5.92 Å². The van der Waals surface area contributed by atoms with Crippen LogP contribution in [0.2, 0.25) is 0 Å². The number of hydrogen-bond acceptors (Lipinski definition) is 6. The van der Waals surface area contributed by atoms with Crippen molar-refractivity contribution in [3.63, 3.8) is 0 Å². The third kappa shape index (κ3) is 6.80. The van der Waals surface area contributed by atoms with Crippen molar-refractivity contribution in [3.8, 4) is 0 Å². The zero-order valence-corrected chi connectivity index (χ0v) is 21.8. The average Bonchev–Trinajstić information content (AvgIpc) is 2.83. The van der Waals surface area contributed by atoms with Gasteiger partial charge in [0.25, 0.3) is 11.5 Å². The normalized spacial score (nSPS) is 11.3. The zero-order valence-electron chi connectivity index (χ0n) is 21.0. The van der Waals surface area contributed by atoms with E-state index in [2.05, 4.69) is 19.2 Å². The molecule has 0 atom stereocenters. The van der Waals surface area contributed by atoms with E-state index in [0.29, 0.717) is 52.8 Å². The molecule has 0 aliphatic rings. The fourth-order valence-corrected chi connectivity index (χ4v) is 4.56. The summed E-state index contributed by atoms with van der Waals surface area (Å²) in [6, 6.07) is 10.7. The van der Waals surface area contributed by atoms with Gasteiger partial charge in [0, 0.05) is 31.3 Å². The number of ketones is 1. The van der Waals surface area contributed by atoms with Crippen LogP contribution in [0.5, 0.6) is 0 Å². The second kappa shape index (κ2) is 12.1. The van der Waals surface area contributed by atoms with Crippen LogP contribution in [0.1, 0.15) is 52.1 Å². The van der Waals surface area contributed by atoms with Crippen molar-refractivity contribution in [2.45, 2.75) is 45.8 Å². The summed E-state index contributed by atoms with van der Waals surface area (Å²) in [5.74, 6) is 0.313. The molecule has 8 heteroatoms. The summed E-state index contributed by atoms with van der Waals surface area (Å²) in [6.45, 7) is 9.39. The van der Waals surface area contributed by atoms with E-state index in [-0.39, 0.29) is 23.0 Å². The van der Waals surface area contributed by atoms with Crippen LogP contribution >= 0.6 is 11.8 Å². The number of ether oxygens (including phenoxy) is 1. The molecule has 1 heterocycles. The van der Waals surface area contributed by atoms with Gasteiger partial charge in [0.2, 0.25) is 0 Å². The Bertz CT molecular complexity index is 1280. The topological polar surface area (TPSA) is 90.3 Å². The van der Waals surface area contributed by atoms with E-state index in [1.54, 1.807) is 29.9 Å². The van der Waals surface area contributed by atoms with E-state index in [0.717, 1.165) is 17.5 Å². The number of methoxy groups -OCH3 is 1. The average molecular weight is 496 g/mol. The number of Topliss-reactive ketones (excluding diaryl/α,β-unsaturated/α-hetero) is 1. The van der Waals surface area contributed by atoms with Crippen LogP contribution in [0.3, 0.4) is 0 Å². The number of fused-ring (bicyclic) bond motifs is 1. The number of aromatic nitrogens is 2. The van der Waals surface area contributed by atoms with Gasteiger partial charge in [0.05, 0.1) is 23.3 Å². The van der Waals surface area contributed by atoms with Gasteiger partial charge in [-0.2, -0.15) is 0 Å². The molecule has 2 aromatic carbocycles. The van der Waals surface area contributed by atoms with Gasteiger partial charge < -0.3 is 10.1 Å². The molecular formula is C27H33N3O4S. The van der Waals surface area contributed by atoms with Crippen LogP contribution in [0.4, 0.5) is 0 Å². The number of nitrogens with one attached hydrogen (secondary N) is 1. The maximum atomic E-state index is 13.4. The largest absolute Gasteiger partial charge is 0.383 e. The smallest absolute Gasteiger partial charge is 0.262 e. The quantitative estimate of drug-likeness (QED) is 0.183. The van der Waals surface area contributed by atoms with Gasteiger partial charge in [-0.15, -0.1) is 0 Å². The minimum atomic E-state index is -0.256. The minimum Gasteiger partial charge on any atom is -0.383 e. The molecule has 1 aromatic heterocycles. The van der Waals surface area contributed by atoms with Gasteiger partial charge in [-0.1, -0.05) is 43.3 Å². The summed E-state index contributed by atoms with van der Waals surface area (Å²) in [6.07, 6.45) is 0.811. The molecule has 186 valence electrons. The first kappa shape index (κ1) is 26.6. The molecule has 0 radical (unpaired) electrons. The molecule has 35 heavy (non-hydrogen) atoms. The van der Waals surface area contributed by atoms with Crippen molar-refractivity contribution in [1.29, 1.82) is 0 Å². The summed E-state index contributed by atoms with van der Waals surface area (Å²) in [5.41, 5.74) is 3.33. The SMILES string of the molecule is COCCNC(=O)c1ccc2c(=O)n(CCC(C)C)c(SCC(=O)c3cc(C)ccc3C)nc2c1. The van der Waals surface area contributed by atoms with Crippen molar-refractivity contribution in [1.82, 2.24) is 14.9 Å². The predicted octanol–water partition coefficient (Wildman–Crippen LogP) is 4.41. The molecule has 0 aliphatic carbocycles. The number of nitrogens with zero attached hydrogens (tertiary/aromatic N) is 2. The standard InChI is InChI=1S/C27H33N3O4S/c1-17(2)10-12-30-26(33)21-9-8-20(25(32)28-11-13-34-5)15-23(21)29-27(30)35-16-24(31)22-14-18(3)6-7-19(22)4/h6-9,14-15,17H,10-13,16H2,1-5H3,(H,28,32). The first-order chi connectivity index (χ1) is 16.7. The molecule has 0 saturated heterocycles. The third-order valence-electron chi connectivity index (χ3n) is 5.73. The molecule has 0 fully saturated rings. The summed E-state index contributed by atoms with van der Waals surface area (Å²) >= 11 is 1.26. The molecule has 3 rings (SSSR count). The molecule has 0 unspecified atom stereocenters. The number of carbonyl (C=O) groups excluding carboxylic acids is 2. The van der Waals surface area contributed by atoms with Crippen LogP contribution in [-0.4, -0.2) is 47.3 Å². The Kier molecular flexibility index (Phi) is 9.23. The van der Waals surface area contributed by atoms with Gasteiger partial charge in [0.15, 0.2) is 10.9 Å². The molecule has 0 saturated carbocycles. The first-order valence-electron chi connectivity index (χ1n) is 11.8. The summed E-state index contributed by atoms with van der Waals surface area (Å²) in [5, 5.41) is 3.72. The summed E-state index contributed by atoms with van der Waals surface area (Å²) < 4.78 is 6.63. The number of carbonyl (C=O) groups is 2. The highest BCUT2D eigenvalue weighted by molar-refractivity contribution is 7.99. The highest BCUT2D eigenvalue weighted by atomic mass is 32.2. The lowest BCUT2D eigenvalue weighted by molar-refractivity contribution is 0.0936. The maximum absolute atomic E-state index is 13.4. The minimum absolute atomic E-state index is 0.00720. The fraction of sp³-hybridized carbons (Fsp3) is 0.407. The van der Waals surface area contributed by atoms with Crippen LogP contribution < -0.4 is 10.9 Å². The number of amides is 1. The number of benzene rings is 2. The molecule has 7 nitrogen and oxygen atoms in total. The summed E-state index contributed by atoms with van der Waals surface area (Å²) in [4.78, 5) is 43.6. The van der Waals surface area contributed by atoms with Crippen molar-refractivity contribution < 1.29 is 14.3 Å². The number of hydrogen-bond donors (Lipinski definition) is 1. The van der Waals surface area contributed by atoms with E-state index in [1.165, 1.54) is 11.8 Å². The molecule has 1 amide bonds. The van der Waals surface area contributed by atoms with Crippen LogP contribution in [-0.2, 0) is 11.3 Å². The van der Waals surface area contributed by atoms with E-state index in [4.69, 9.17) is 9.72 Å². The van der Waals surface area contributed by atoms with Crippen LogP contribution in [0.15, 0.2) is 46.3 Å². The van der Waals surface area contributed by atoms with E-state index < -0.39 is 0 Å². The third-order valence-corrected chi connectivity index (χ3v) is 6.71. The van der Waals surface area contributed by atoms with Crippen molar-refractivity contribution in [2.75, 3.05) is 26.0 Å². The lowest BCUT2D eigenvalue weighted by Gasteiger charge is -2.15. The second-order valence-electron chi connectivity index (χ2n) is 9.04. The fourth-order valence-electron chi connectivity index (χ4n) is 3.65. The Morgan fingerprint density at radius 1 is 1.14 bits per heavy atom. The number of thioether (sulfide) groups is 1. The predicted molar refractivity (Wildman–Crippen MR) is 141 cm³/mol. The highest BCUT2D eigenvalue weighted by Crippen LogP contribution is 2.22. The number of rotatable bonds is 11. The summed E-state index contributed by atoms with van der Waals surface area (Å²) in [7, 11) is 1.57. The second-order valence-corrected chi connectivity index (χ2v) is 9.99. The van der Waals surface area contributed by atoms with Gasteiger partial charge >= 0.3 is 0 Å². The molecular weight excluding hydrogens is 462 g/mol. The molecule has 0 spiro atoms. The molecule has 3 aromatic rings. The highest BCUT2D eigenvalue weighted by Gasteiger charge is 2.17. The Labute approximate surface area is 210 Å². The van der Waals surface area contributed by atoms with Crippen LogP contribution in [0.25, 0.3) is 10.9 Å². The van der Waals surface area contributed by atoms with Crippen molar-refractivity contribution >= 4 is 34.4 Å². The lowest BCUT2D eigenvalue weighted by atomic mass is 10.0.